The number of ether oxygens (including phenoxy) is 2. The molecule has 14 heteroatoms. The van der Waals surface area contributed by atoms with Gasteiger partial charge in [-0.2, -0.15) is 17.6 Å². The second-order valence-corrected chi connectivity index (χ2v) is 7.31. The Balaban J connectivity index is 1.77. The van der Waals surface area contributed by atoms with Crippen LogP contribution >= 0.6 is 0 Å². The first kappa shape index (κ1) is 25.7. The molecule has 0 spiro atoms. The molecule has 0 atom stereocenters. The van der Waals surface area contributed by atoms with E-state index in [0.717, 1.165) is 0 Å². The Hall–Kier alpha value is -4.36. The average molecular weight is 536 g/mol. The molecule has 0 fully saturated rings. The molecular formula is C23H6F10O4. The van der Waals surface area contributed by atoms with Gasteiger partial charge in [0.1, 0.15) is 0 Å². The van der Waals surface area contributed by atoms with E-state index in [2.05, 4.69) is 9.47 Å². The van der Waals surface area contributed by atoms with Gasteiger partial charge < -0.3 is 9.47 Å². The van der Waals surface area contributed by atoms with Gasteiger partial charge in [-0.05, 0) is 17.2 Å². The minimum absolute atomic E-state index is 0.00576. The molecule has 0 saturated carbocycles. The molecule has 4 rings (SSSR count). The zero-order valence-corrected chi connectivity index (χ0v) is 17.4. The van der Waals surface area contributed by atoms with Gasteiger partial charge in [0.15, 0.2) is 0 Å². The van der Waals surface area contributed by atoms with Crippen LogP contribution in [-0.2, 0) is 9.59 Å². The molecule has 3 aromatic rings. The highest BCUT2D eigenvalue weighted by Crippen LogP contribution is 2.53. The lowest BCUT2D eigenvalue weighted by molar-refractivity contribution is -0.151. The van der Waals surface area contributed by atoms with Gasteiger partial charge in [0.25, 0.3) is 0 Å². The highest BCUT2D eigenvalue weighted by Gasteiger charge is 2.62. The monoisotopic (exact) mass is 536 g/mol. The fourth-order valence-electron chi connectivity index (χ4n) is 3.23. The molecule has 0 radical (unpaired) electrons. The number of carbonyl (C=O) groups excluding carboxylic acids is 2. The van der Waals surface area contributed by atoms with Gasteiger partial charge in [-0.1, -0.05) is 30.3 Å². The summed E-state index contributed by atoms with van der Waals surface area (Å²) in [5.74, 6) is -34.0. The van der Waals surface area contributed by atoms with Crippen molar-refractivity contribution in [2.24, 2.45) is 5.41 Å². The predicted molar refractivity (Wildman–Crippen MR) is 101 cm³/mol. The van der Waals surface area contributed by atoms with Gasteiger partial charge in [0.2, 0.25) is 75.1 Å². The standard InChI is InChI=1S/C23H6F10O4/c24-9-11(26)15(30)19(16(31)12(9)27)36-21(34)23(6-8(23)7-4-2-1-3-5-7)22(35)37-20-17(32)13(28)10(25)14(29)18(20)33/h1-6H. The van der Waals surface area contributed by atoms with Crippen molar-refractivity contribution in [2.75, 3.05) is 0 Å². The number of carbonyl (C=O) groups is 2. The van der Waals surface area contributed by atoms with Crippen molar-refractivity contribution in [1.29, 1.82) is 0 Å². The molecule has 37 heavy (non-hydrogen) atoms. The fourth-order valence-corrected chi connectivity index (χ4v) is 3.23. The first-order chi connectivity index (χ1) is 17.3. The van der Waals surface area contributed by atoms with Crippen LogP contribution in [-0.4, -0.2) is 11.9 Å². The Morgan fingerprint density at radius 2 is 0.838 bits per heavy atom. The lowest BCUT2D eigenvalue weighted by Crippen LogP contribution is -2.37. The van der Waals surface area contributed by atoms with Crippen molar-refractivity contribution < 1.29 is 63.0 Å². The predicted octanol–water partition coefficient (Wildman–Crippen LogP) is 5.67. The van der Waals surface area contributed by atoms with Crippen LogP contribution in [0.1, 0.15) is 5.56 Å². The van der Waals surface area contributed by atoms with Crippen LogP contribution in [0.3, 0.4) is 0 Å². The van der Waals surface area contributed by atoms with Crippen molar-refractivity contribution in [3.63, 3.8) is 0 Å². The highest BCUT2D eigenvalue weighted by molar-refractivity contribution is 6.23. The molecule has 0 aliphatic heterocycles. The normalized spacial score (nSPS) is 13.7. The quantitative estimate of drug-likeness (QED) is 0.105. The topological polar surface area (TPSA) is 52.6 Å². The van der Waals surface area contributed by atoms with E-state index in [9.17, 15) is 53.5 Å². The molecule has 0 N–H and O–H groups in total. The number of hydrogen-bond acceptors (Lipinski definition) is 4. The van der Waals surface area contributed by atoms with Gasteiger partial charge in [0.05, 0.1) is 0 Å². The van der Waals surface area contributed by atoms with Crippen LogP contribution in [0, 0.1) is 63.6 Å². The van der Waals surface area contributed by atoms with Gasteiger partial charge in [0, 0.05) is 0 Å². The maximum absolute atomic E-state index is 14.0. The second-order valence-electron chi connectivity index (χ2n) is 7.31. The lowest BCUT2D eigenvalue weighted by atomic mass is 9.96. The second kappa shape index (κ2) is 8.94. The number of rotatable bonds is 5. The number of benzene rings is 3. The molecule has 0 heterocycles. The van der Waals surface area contributed by atoms with Crippen LogP contribution in [0.15, 0.2) is 36.4 Å². The third-order valence-electron chi connectivity index (χ3n) is 5.16. The smallest absolute Gasteiger partial charge is 0.337 e. The van der Waals surface area contributed by atoms with E-state index < -0.39 is 92.6 Å². The van der Waals surface area contributed by atoms with Crippen molar-refractivity contribution in [2.45, 2.75) is 0 Å². The largest absolute Gasteiger partial charge is 0.419 e. The molecule has 1 aliphatic carbocycles. The van der Waals surface area contributed by atoms with E-state index in [4.69, 9.17) is 0 Å². The molecule has 0 unspecified atom stereocenters. The van der Waals surface area contributed by atoms with Crippen molar-refractivity contribution in [3.05, 3.63) is 100 Å². The average Bonchev–Trinajstić information content (AvgIpc) is 3.66. The van der Waals surface area contributed by atoms with Crippen LogP contribution in [0.25, 0.3) is 5.57 Å². The van der Waals surface area contributed by atoms with E-state index >= 15 is 0 Å². The van der Waals surface area contributed by atoms with E-state index in [1.54, 1.807) is 0 Å². The van der Waals surface area contributed by atoms with Crippen LogP contribution < -0.4 is 9.47 Å². The SMILES string of the molecule is O=C(Oc1c(F)c(F)c(F)c(F)c1F)C1(C(=O)Oc2c(F)c(F)c(F)c(F)c2F)C=C1c1ccccc1. The molecule has 3 aromatic carbocycles. The molecule has 1 aliphatic rings. The fraction of sp³-hybridized carbons (Fsp3) is 0.0435. The summed E-state index contributed by atoms with van der Waals surface area (Å²) in [7, 11) is 0. The Morgan fingerprint density at radius 1 is 0.514 bits per heavy atom. The summed E-state index contributed by atoms with van der Waals surface area (Å²) >= 11 is 0. The maximum atomic E-state index is 14.0. The molecule has 0 amide bonds. The van der Waals surface area contributed by atoms with Crippen molar-refractivity contribution in [1.82, 2.24) is 0 Å². The summed E-state index contributed by atoms with van der Waals surface area (Å²) in [6, 6.07) is 6.71. The first-order valence-electron chi connectivity index (χ1n) is 9.60. The summed E-state index contributed by atoms with van der Waals surface area (Å²) in [5, 5.41) is 0. The molecule has 0 bridgehead atoms. The zero-order chi connectivity index (χ0) is 27.4. The summed E-state index contributed by atoms with van der Waals surface area (Å²) < 4.78 is 145. The van der Waals surface area contributed by atoms with E-state index in [1.807, 2.05) is 0 Å². The van der Waals surface area contributed by atoms with Crippen LogP contribution in [0.4, 0.5) is 43.9 Å². The Kier molecular flexibility index (Phi) is 6.22. The number of halogens is 10. The number of esters is 2. The van der Waals surface area contributed by atoms with Crippen molar-refractivity contribution >= 4 is 17.5 Å². The summed E-state index contributed by atoms with van der Waals surface area (Å²) in [6.45, 7) is 0. The zero-order valence-electron chi connectivity index (χ0n) is 17.4. The molecule has 0 saturated heterocycles. The Bertz CT molecular complexity index is 1380. The van der Waals surface area contributed by atoms with Crippen LogP contribution in [0.2, 0.25) is 0 Å². The molecule has 4 nitrogen and oxygen atoms in total. The van der Waals surface area contributed by atoms with E-state index in [1.165, 1.54) is 30.3 Å². The molecule has 0 aromatic heterocycles. The summed E-state index contributed by atoms with van der Waals surface area (Å²) in [5.41, 5.74) is -3.34. The minimum atomic E-state index is -2.94. The first-order valence-corrected chi connectivity index (χ1v) is 9.60. The maximum Gasteiger partial charge on any atom is 0.337 e. The third kappa shape index (κ3) is 3.88. The van der Waals surface area contributed by atoms with Gasteiger partial charge >= 0.3 is 11.9 Å². The molecular weight excluding hydrogens is 530 g/mol. The third-order valence-corrected chi connectivity index (χ3v) is 5.16. The summed E-state index contributed by atoms with van der Waals surface area (Å²) in [4.78, 5) is 25.7. The Morgan fingerprint density at radius 3 is 1.19 bits per heavy atom. The molecule has 192 valence electrons. The van der Waals surface area contributed by atoms with Gasteiger partial charge in [-0.15, -0.1) is 0 Å². The van der Waals surface area contributed by atoms with Gasteiger partial charge in [-0.3, -0.25) is 0 Å². The summed E-state index contributed by atoms with van der Waals surface area (Å²) in [6.07, 6.45) is 0.658. The lowest BCUT2D eigenvalue weighted by Gasteiger charge is -2.18. The van der Waals surface area contributed by atoms with E-state index in [-0.39, 0.29) is 5.56 Å². The van der Waals surface area contributed by atoms with Gasteiger partial charge in [-0.25, -0.2) is 35.9 Å². The highest BCUT2D eigenvalue weighted by atomic mass is 19.2. The van der Waals surface area contributed by atoms with Crippen molar-refractivity contribution in [3.8, 4) is 11.5 Å². The Labute approximate surface area is 198 Å². The van der Waals surface area contributed by atoms with E-state index in [0.29, 0.717) is 6.08 Å². The minimum Gasteiger partial charge on any atom is -0.419 e. The van der Waals surface area contributed by atoms with Crippen LogP contribution in [0.5, 0.6) is 11.5 Å². The number of hydrogen-bond donors (Lipinski definition) is 0.